The lowest BCUT2D eigenvalue weighted by Gasteiger charge is -2.11. The van der Waals surface area contributed by atoms with Crippen LogP contribution in [0.2, 0.25) is 5.02 Å². The van der Waals surface area contributed by atoms with Gasteiger partial charge in [-0.05, 0) is 43.3 Å². The van der Waals surface area contributed by atoms with Crippen molar-refractivity contribution in [2.75, 3.05) is 10.7 Å². The van der Waals surface area contributed by atoms with E-state index in [1.54, 1.807) is 48.5 Å². The molecule has 6 heteroatoms. The molecule has 114 valence electrons. The Labute approximate surface area is 133 Å². The third-order valence-corrected chi connectivity index (χ3v) is 3.06. The van der Waals surface area contributed by atoms with Gasteiger partial charge in [0.1, 0.15) is 6.10 Å². The molecule has 5 nitrogen and oxygen atoms in total. The van der Waals surface area contributed by atoms with Crippen molar-refractivity contribution in [3.05, 3.63) is 59.6 Å². The van der Waals surface area contributed by atoms with Crippen LogP contribution in [0.5, 0.6) is 0 Å². The molecule has 3 N–H and O–H groups in total. The summed E-state index contributed by atoms with van der Waals surface area (Å²) in [6, 6.07) is 15.8. The van der Waals surface area contributed by atoms with Crippen molar-refractivity contribution in [2.45, 2.75) is 13.0 Å². The topological polar surface area (TPSA) is 73.7 Å². The van der Waals surface area contributed by atoms with Crippen LogP contribution in [0.1, 0.15) is 6.92 Å². The number of aliphatic hydroxyl groups is 1. The largest absolute Gasteiger partial charge is 0.387 e. The molecule has 0 aliphatic heterocycles. The fraction of sp³-hybridized carbons (Fsp3) is 0.125. The Bertz CT molecular complexity index is 655. The molecule has 2 rings (SSSR count). The van der Waals surface area contributed by atoms with Crippen LogP contribution >= 0.6 is 11.6 Å². The van der Waals surface area contributed by atoms with E-state index < -0.39 is 12.0 Å². The number of nitrogens with zero attached hydrogens (tertiary/aromatic N) is 1. The van der Waals surface area contributed by atoms with Crippen LogP contribution in [0.15, 0.2) is 59.7 Å². The molecule has 2 aromatic rings. The number of hydrazone groups is 1. The number of rotatable bonds is 5. The summed E-state index contributed by atoms with van der Waals surface area (Å²) in [6.07, 6.45) is -1.01. The Morgan fingerprint density at radius 1 is 1.09 bits per heavy atom. The van der Waals surface area contributed by atoms with Gasteiger partial charge in [-0.1, -0.05) is 29.8 Å². The average Bonchev–Trinajstić information content (AvgIpc) is 2.50. The fourth-order valence-corrected chi connectivity index (χ4v) is 1.83. The molecule has 0 radical (unpaired) electrons. The van der Waals surface area contributed by atoms with E-state index >= 15 is 0 Å². The van der Waals surface area contributed by atoms with Crippen LogP contribution in [0.25, 0.3) is 0 Å². The van der Waals surface area contributed by atoms with E-state index in [1.165, 1.54) is 6.92 Å². The number of para-hydroxylation sites is 1. The monoisotopic (exact) mass is 317 g/mol. The first-order valence-electron chi connectivity index (χ1n) is 6.70. The first-order valence-corrected chi connectivity index (χ1v) is 7.07. The number of halogens is 1. The Balaban J connectivity index is 2.10. The summed E-state index contributed by atoms with van der Waals surface area (Å²) in [7, 11) is 0. The zero-order valence-corrected chi connectivity index (χ0v) is 12.7. The third-order valence-electron chi connectivity index (χ3n) is 2.81. The van der Waals surface area contributed by atoms with Crippen LogP contribution in [0.4, 0.5) is 11.4 Å². The molecule has 0 spiro atoms. The molecule has 0 fully saturated rings. The second-order valence-corrected chi connectivity index (χ2v) is 5.05. The van der Waals surface area contributed by atoms with E-state index in [0.29, 0.717) is 16.4 Å². The Morgan fingerprint density at radius 3 is 2.32 bits per heavy atom. The summed E-state index contributed by atoms with van der Waals surface area (Å²) in [4.78, 5) is 12.2. The lowest BCUT2D eigenvalue weighted by Crippen LogP contribution is -2.32. The minimum absolute atomic E-state index is 0.0150. The first-order chi connectivity index (χ1) is 10.6. The summed E-state index contributed by atoms with van der Waals surface area (Å²) in [6.45, 7) is 1.48. The van der Waals surface area contributed by atoms with Gasteiger partial charge in [-0.3, -0.25) is 10.2 Å². The molecular formula is C16H16ClN3O2. The van der Waals surface area contributed by atoms with Gasteiger partial charge in [0, 0.05) is 10.7 Å². The van der Waals surface area contributed by atoms with Gasteiger partial charge >= 0.3 is 0 Å². The average molecular weight is 318 g/mol. The summed E-state index contributed by atoms with van der Waals surface area (Å²) >= 11 is 5.80. The second kappa shape index (κ2) is 7.59. The van der Waals surface area contributed by atoms with E-state index in [2.05, 4.69) is 15.8 Å². The van der Waals surface area contributed by atoms with Crippen LogP contribution in [0.3, 0.4) is 0 Å². The molecule has 0 heterocycles. The standard InChI is InChI=1S/C16H16ClN3O2/c1-11(21)15(16(22)18-13-5-3-2-4-6-13)20-19-14-9-7-12(17)8-10-14/h2-11,19,21H,1H3,(H,18,22)/b20-15+. The number of carbonyl (C=O) groups is 1. The van der Waals surface area contributed by atoms with Crippen molar-refractivity contribution in [1.82, 2.24) is 0 Å². The van der Waals surface area contributed by atoms with Gasteiger partial charge in [0.15, 0.2) is 5.71 Å². The SMILES string of the molecule is CC(O)/C(=N\Nc1ccc(Cl)cc1)C(=O)Nc1ccccc1. The van der Waals surface area contributed by atoms with Crippen LogP contribution in [-0.4, -0.2) is 22.8 Å². The molecule has 1 unspecified atom stereocenters. The summed E-state index contributed by atoms with van der Waals surface area (Å²) in [5.74, 6) is -0.470. The highest BCUT2D eigenvalue weighted by Crippen LogP contribution is 2.13. The van der Waals surface area contributed by atoms with E-state index in [9.17, 15) is 9.90 Å². The molecule has 0 saturated heterocycles. The van der Waals surface area contributed by atoms with Gasteiger partial charge in [-0.15, -0.1) is 0 Å². The van der Waals surface area contributed by atoms with Gasteiger partial charge in [0.05, 0.1) is 5.69 Å². The highest BCUT2D eigenvalue weighted by Gasteiger charge is 2.17. The zero-order valence-electron chi connectivity index (χ0n) is 12.0. The molecule has 0 aliphatic carbocycles. The molecule has 0 aromatic heterocycles. The fourth-order valence-electron chi connectivity index (χ4n) is 1.70. The van der Waals surface area contributed by atoms with Crippen LogP contribution in [0, 0.1) is 0 Å². The van der Waals surface area contributed by atoms with Gasteiger partial charge in [-0.25, -0.2) is 0 Å². The number of amides is 1. The summed E-state index contributed by atoms with van der Waals surface area (Å²) in [5, 5.41) is 17.0. The number of aliphatic hydroxyl groups excluding tert-OH is 1. The van der Waals surface area contributed by atoms with E-state index in [1.807, 2.05) is 6.07 Å². The normalized spacial score (nSPS) is 12.6. The first kappa shape index (κ1) is 16.0. The molecule has 0 saturated carbocycles. The molecule has 1 amide bonds. The summed E-state index contributed by atoms with van der Waals surface area (Å²) in [5.41, 5.74) is 4.01. The predicted molar refractivity (Wildman–Crippen MR) is 89.3 cm³/mol. The minimum Gasteiger partial charge on any atom is -0.387 e. The maximum absolute atomic E-state index is 12.2. The van der Waals surface area contributed by atoms with Gasteiger partial charge in [0.25, 0.3) is 5.91 Å². The molecule has 1 atom stereocenters. The molecule has 2 aromatic carbocycles. The van der Waals surface area contributed by atoms with Gasteiger partial charge in [-0.2, -0.15) is 5.10 Å². The number of anilines is 2. The molecule has 0 bridgehead atoms. The molecular weight excluding hydrogens is 302 g/mol. The van der Waals surface area contributed by atoms with Gasteiger partial charge < -0.3 is 10.4 Å². The van der Waals surface area contributed by atoms with E-state index in [-0.39, 0.29) is 5.71 Å². The number of hydrogen-bond donors (Lipinski definition) is 3. The van der Waals surface area contributed by atoms with E-state index in [0.717, 1.165) is 0 Å². The van der Waals surface area contributed by atoms with Crippen LogP contribution in [-0.2, 0) is 4.79 Å². The number of benzene rings is 2. The Hall–Kier alpha value is -2.37. The molecule has 22 heavy (non-hydrogen) atoms. The third kappa shape index (κ3) is 4.58. The van der Waals surface area contributed by atoms with Crippen molar-refractivity contribution < 1.29 is 9.90 Å². The lowest BCUT2D eigenvalue weighted by molar-refractivity contribution is -0.110. The van der Waals surface area contributed by atoms with Gasteiger partial charge in [0.2, 0.25) is 0 Å². The van der Waals surface area contributed by atoms with E-state index in [4.69, 9.17) is 11.6 Å². The van der Waals surface area contributed by atoms with Crippen molar-refractivity contribution >= 4 is 34.6 Å². The highest BCUT2D eigenvalue weighted by molar-refractivity contribution is 6.44. The Kier molecular flexibility index (Phi) is 5.52. The van der Waals surface area contributed by atoms with Crippen molar-refractivity contribution in [1.29, 1.82) is 0 Å². The lowest BCUT2D eigenvalue weighted by atomic mass is 10.2. The number of carbonyl (C=O) groups excluding carboxylic acids is 1. The zero-order chi connectivity index (χ0) is 15.9. The van der Waals surface area contributed by atoms with Crippen molar-refractivity contribution in [3.8, 4) is 0 Å². The summed E-state index contributed by atoms with van der Waals surface area (Å²) < 4.78 is 0. The maximum atomic E-state index is 12.2. The quantitative estimate of drug-likeness (QED) is 0.586. The predicted octanol–water partition coefficient (Wildman–Crippen LogP) is 3.13. The maximum Gasteiger partial charge on any atom is 0.274 e. The smallest absolute Gasteiger partial charge is 0.274 e. The Morgan fingerprint density at radius 2 is 1.73 bits per heavy atom. The molecule has 0 aliphatic rings. The minimum atomic E-state index is -1.01. The van der Waals surface area contributed by atoms with Crippen molar-refractivity contribution in [3.63, 3.8) is 0 Å². The van der Waals surface area contributed by atoms with Crippen LogP contribution < -0.4 is 10.7 Å². The highest BCUT2D eigenvalue weighted by atomic mass is 35.5. The van der Waals surface area contributed by atoms with Crippen molar-refractivity contribution in [2.24, 2.45) is 5.10 Å². The second-order valence-electron chi connectivity index (χ2n) is 4.61. The number of hydrogen-bond acceptors (Lipinski definition) is 4. The number of nitrogens with one attached hydrogen (secondary N) is 2.